The highest BCUT2D eigenvalue weighted by Gasteiger charge is 2.24. The quantitative estimate of drug-likeness (QED) is 0.559. The molecule has 130 valence electrons. The molecule has 0 unspecified atom stereocenters. The van der Waals surface area contributed by atoms with E-state index >= 15 is 0 Å². The zero-order valence-corrected chi connectivity index (χ0v) is 14.7. The van der Waals surface area contributed by atoms with Gasteiger partial charge in [0.05, 0.1) is 24.7 Å². The Bertz CT molecular complexity index is 1140. The van der Waals surface area contributed by atoms with E-state index in [-0.39, 0.29) is 11.4 Å². The van der Waals surface area contributed by atoms with E-state index in [9.17, 15) is 4.79 Å². The Kier molecular flexibility index (Phi) is 3.97. The summed E-state index contributed by atoms with van der Waals surface area (Å²) >= 11 is 5.96. The maximum Gasteiger partial charge on any atom is 0.343 e. The number of rotatable bonds is 3. The first-order valence-electron chi connectivity index (χ1n) is 7.95. The summed E-state index contributed by atoms with van der Waals surface area (Å²) < 4.78 is 6.67. The number of carbonyl (C=O) groups excluding carboxylic acids is 1. The molecule has 4 aromatic rings. The van der Waals surface area contributed by atoms with Crippen molar-refractivity contribution < 1.29 is 9.53 Å². The molecule has 4 rings (SSSR count). The van der Waals surface area contributed by atoms with Crippen molar-refractivity contribution in [3.8, 4) is 0 Å². The van der Waals surface area contributed by atoms with Crippen LogP contribution < -0.4 is 5.73 Å². The van der Waals surface area contributed by atoms with Gasteiger partial charge in [-0.1, -0.05) is 35.9 Å². The first-order valence-corrected chi connectivity index (χ1v) is 8.33. The van der Waals surface area contributed by atoms with Crippen LogP contribution in [0.1, 0.15) is 15.9 Å². The molecule has 26 heavy (non-hydrogen) atoms. The van der Waals surface area contributed by atoms with E-state index in [0.717, 1.165) is 11.1 Å². The normalized spacial score (nSPS) is 11.2. The highest BCUT2D eigenvalue weighted by atomic mass is 35.5. The molecule has 2 aromatic carbocycles. The molecular formula is C19H15ClN4O2. The fraction of sp³-hybridized carbons (Fsp3) is 0.105. The van der Waals surface area contributed by atoms with E-state index in [2.05, 4.69) is 9.97 Å². The van der Waals surface area contributed by atoms with Gasteiger partial charge in [-0.15, -0.1) is 0 Å². The van der Waals surface area contributed by atoms with Gasteiger partial charge in [-0.3, -0.25) is 0 Å². The van der Waals surface area contributed by atoms with E-state index in [4.69, 9.17) is 22.1 Å². The van der Waals surface area contributed by atoms with Crippen molar-refractivity contribution in [2.75, 3.05) is 12.8 Å². The number of methoxy groups -OCH3 is 1. The van der Waals surface area contributed by atoms with Crippen molar-refractivity contribution in [2.45, 2.75) is 6.54 Å². The third-order valence-corrected chi connectivity index (χ3v) is 4.49. The number of benzene rings is 2. The second-order valence-corrected chi connectivity index (χ2v) is 6.29. The van der Waals surface area contributed by atoms with Crippen molar-refractivity contribution in [1.29, 1.82) is 0 Å². The van der Waals surface area contributed by atoms with Crippen molar-refractivity contribution in [3.05, 3.63) is 64.7 Å². The maximum absolute atomic E-state index is 12.3. The predicted octanol–water partition coefficient (Wildman–Crippen LogP) is 3.66. The van der Waals surface area contributed by atoms with Crippen LogP contribution in [0.25, 0.3) is 22.2 Å². The van der Waals surface area contributed by atoms with Gasteiger partial charge in [-0.25, -0.2) is 14.8 Å². The minimum absolute atomic E-state index is 0.231. The number of ether oxygens (including phenoxy) is 1. The molecule has 0 aliphatic carbocycles. The number of hydrogen-bond donors (Lipinski definition) is 1. The molecule has 2 aromatic heterocycles. The van der Waals surface area contributed by atoms with E-state index in [0.29, 0.717) is 28.2 Å². The third kappa shape index (κ3) is 2.64. The lowest BCUT2D eigenvalue weighted by Gasteiger charge is -2.08. The second kappa shape index (κ2) is 6.31. The lowest BCUT2D eigenvalue weighted by atomic mass is 10.2. The van der Waals surface area contributed by atoms with Gasteiger partial charge < -0.3 is 15.0 Å². The largest absolute Gasteiger partial charge is 0.465 e. The Balaban J connectivity index is 1.98. The molecule has 0 atom stereocenters. The summed E-state index contributed by atoms with van der Waals surface area (Å²) in [6, 6.07) is 14.9. The summed E-state index contributed by atoms with van der Waals surface area (Å²) in [5, 5.41) is 0.653. The molecule has 0 aliphatic rings. The smallest absolute Gasteiger partial charge is 0.343 e. The zero-order valence-electron chi connectivity index (χ0n) is 13.9. The molecule has 2 heterocycles. The van der Waals surface area contributed by atoms with Crippen LogP contribution >= 0.6 is 11.6 Å². The van der Waals surface area contributed by atoms with Gasteiger partial charge in [0.2, 0.25) is 0 Å². The topological polar surface area (TPSA) is 83.0 Å². The van der Waals surface area contributed by atoms with Gasteiger partial charge in [-0.05, 0) is 29.8 Å². The standard InChI is InChI=1S/C19H15ClN4O2/c1-26-19(25)15-16-18(23-14-5-3-2-4-13(14)22-16)24(17(15)21)10-11-6-8-12(20)9-7-11/h2-9H,10,21H2,1H3. The van der Waals surface area contributed by atoms with Crippen LogP contribution in [0.15, 0.2) is 48.5 Å². The molecule has 0 aliphatic heterocycles. The highest BCUT2D eigenvalue weighted by Crippen LogP contribution is 2.29. The van der Waals surface area contributed by atoms with Gasteiger partial charge in [0.15, 0.2) is 5.65 Å². The minimum atomic E-state index is -0.535. The number of nitrogen functional groups attached to an aromatic ring is 1. The zero-order chi connectivity index (χ0) is 18.3. The Hall–Kier alpha value is -3.12. The highest BCUT2D eigenvalue weighted by molar-refractivity contribution is 6.30. The first-order chi connectivity index (χ1) is 12.6. The SMILES string of the molecule is COC(=O)c1c(N)n(Cc2ccc(Cl)cc2)c2nc3ccccc3nc12. The number of carbonyl (C=O) groups is 1. The number of nitrogens with zero attached hydrogens (tertiary/aromatic N) is 3. The average molecular weight is 367 g/mol. The number of anilines is 1. The maximum atomic E-state index is 12.3. The molecule has 7 heteroatoms. The summed E-state index contributed by atoms with van der Waals surface area (Å²) in [6.45, 7) is 0.434. The lowest BCUT2D eigenvalue weighted by molar-refractivity contribution is 0.0604. The molecule has 0 saturated heterocycles. The molecule has 0 fully saturated rings. The number of aromatic nitrogens is 3. The van der Waals surface area contributed by atoms with Crippen molar-refractivity contribution in [2.24, 2.45) is 0 Å². The van der Waals surface area contributed by atoms with Gasteiger partial charge in [0.25, 0.3) is 0 Å². The van der Waals surface area contributed by atoms with Crippen LogP contribution in [0.3, 0.4) is 0 Å². The Morgan fingerprint density at radius 3 is 2.42 bits per heavy atom. The number of nitrogens with two attached hydrogens (primary N) is 1. The Morgan fingerprint density at radius 2 is 1.77 bits per heavy atom. The molecule has 0 saturated carbocycles. The van der Waals surface area contributed by atoms with Gasteiger partial charge in [0, 0.05) is 5.02 Å². The molecule has 2 N–H and O–H groups in total. The summed E-state index contributed by atoms with van der Waals surface area (Å²) in [5.74, 6) is -0.260. The number of halogens is 1. The first kappa shape index (κ1) is 16.4. The van der Waals surface area contributed by atoms with Crippen molar-refractivity contribution in [1.82, 2.24) is 14.5 Å². The summed E-state index contributed by atoms with van der Waals surface area (Å²) in [6.07, 6.45) is 0. The van der Waals surface area contributed by atoms with Crippen LogP contribution in [0.2, 0.25) is 5.02 Å². The lowest BCUT2D eigenvalue weighted by Crippen LogP contribution is -2.09. The van der Waals surface area contributed by atoms with Crippen molar-refractivity contribution in [3.63, 3.8) is 0 Å². The number of fused-ring (bicyclic) bond motifs is 2. The Labute approximate surface area is 154 Å². The third-order valence-electron chi connectivity index (χ3n) is 4.24. The molecular weight excluding hydrogens is 352 g/mol. The van der Waals surface area contributed by atoms with E-state index < -0.39 is 5.97 Å². The van der Waals surface area contributed by atoms with Crippen LogP contribution in [-0.4, -0.2) is 27.6 Å². The Morgan fingerprint density at radius 1 is 1.12 bits per heavy atom. The number of para-hydroxylation sites is 2. The molecule has 0 bridgehead atoms. The van der Waals surface area contributed by atoms with E-state index in [1.807, 2.05) is 36.4 Å². The molecule has 6 nitrogen and oxygen atoms in total. The average Bonchev–Trinajstić information content (AvgIpc) is 2.92. The summed E-state index contributed by atoms with van der Waals surface area (Å²) in [5.41, 5.74) is 9.88. The minimum Gasteiger partial charge on any atom is -0.465 e. The van der Waals surface area contributed by atoms with E-state index in [1.54, 1.807) is 16.7 Å². The van der Waals surface area contributed by atoms with Crippen LogP contribution in [0.4, 0.5) is 5.82 Å². The predicted molar refractivity (Wildman–Crippen MR) is 101 cm³/mol. The van der Waals surface area contributed by atoms with Crippen LogP contribution in [0, 0.1) is 0 Å². The number of hydrogen-bond acceptors (Lipinski definition) is 5. The summed E-state index contributed by atoms with van der Waals surface area (Å²) in [4.78, 5) is 21.6. The molecule has 0 amide bonds. The van der Waals surface area contributed by atoms with E-state index in [1.165, 1.54) is 7.11 Å². The van der Waals surface area contributed by atoms with Gasteiger partial charge >= 0.3 is 5.97 Å². The van der Waals surface area contributed by atoms with Gasteiger partial charge in [-0.2, -0.15) is 0 Å². The van der Waals surface area contributed by atoms with Crippen molar-refractivity contribution >= 4 is 45.6 Å². The molecule has 0 spiro atoms. The van der Waals surface area contributed by atoms with Crippen LogP contribution in [0.5, 0.6) is 0 Å². The second-order valence-electron chi connectivity index (χ2n) is 5.85. The molecule has 0 radical (unpaired) electrons. The summed E-state index contributed by atoms with van der Waals surface area (Å²) in [7, 11) is 1.32. The fourth-order valence-electron chi connectivity index (χ4n) is 2.95. The fourth-order valence-corrected chi connectivity index (χ4v) is 3.08. The van der Waals surface area contributed by atoms with Gasteiger partial charge in [0.1, 0.15) is 16.9 Å². The monoisotopic (exact) mass is 366 g/mol. The number of esters is 1. The van der Waals surface area contributed by atoms with Crippen LogP contribution in [-0.2, 0) is 11.3 Å².